The van der Waals surface area contributed by atoms with Gasteiger partial charge in [0.05, 0.1) is 13.5 Å². The predicted octanol–water partition coefficient (Wildman–Crippen LogP) is 2.70. The molecular weight excluding hydrogens is 214 g/mol. The molecule has 1 atom stereocenters. The van der Waals surface area contributed by atoms with Gasteiger partial charge in [-0.2, -0.15) is 0 Å². The minimum Gasteiger partial charge on any atom is -0.469 e. The molecule has 0 aliphatic carbocycles. The first-order valence-corrected chi connectivity index (χ1v) is 6.72. The van der Waals surface area contributed by atoms with Crippen LogP contribution in [0.2, 0.25) is 0 Å². The van der Waals surface area contributed by atoms with E-state index < -0.39 is 0 Å². The van der Waals surface area contributed by atoms with E-state index in [0.717, 1.165) is 25.6 Å². The molecular formula is C14H27NO2. The lowest BCUT2D eigenvalue weighted by Crippen LogP contribution is -2.28. The lowest BCUT2D eigenvalue weighted by Gasteiger charge is -2.29. The summed E-state index contributed by atoms with van der Waals surface area (Å²) in [5.74, 6) is 0.715. The summed E-state index contributed by atoms with van der Waals surface area (Å²) < 4.78 is 4.68. The number of hydrogen-bond acceptors (Lipinski definition) is 3. The Morgan fingerprint density at radius 1 is 1.29 bits per heavy atom. The van der Waals surface area contributed by atoms with Crippen molar-refractivity contribution in [3.8, 4) is 0 Å². The molecule has 0 spiro atoms. The third-order valence-electron chi connectivity index (χ3n) is 3.91. The lowest BCUT2D eigenvalue weighted by molar-refractivity contribution is -0.141. The molecule has 1 heterocycles. The van der Waals surface area contributed by atoms with Crippen LogP contribution in [-0.4, -0.2) is 37.6 Å². The van der Waals surface area contributed by atoms with Crippen molar-refractivity contribution in [2.75, 3.05) is 26.7 Å². The second-order valence-corrected chi connectivity index (χ2v) is 6.16. The van der Waals surface area contributed by atoms with Gasteiger partial charge in [0.15, 0.2) is 0 Å². The highest BCUT2D eigenvalue weighted by atomic mass is 16.5. The van der Waals surface area contributed by atoms with E-state index in [1.165, 1.54) is 26.4 Å². The Labute approximate surface area is 106 Å². The van der Waals surface area contributed by atoms with Crippen LogP contribution in [0.3, 0.4) is 0 Å². The summed E-state index contributed by atoms with van der Waals surface area (Å²) in [4.78, 5) is 13.5. The first-order chi connectivity index (χ1) is 7.93. The molecule has 0 saturated carbocycles. The first-order valence-electron chi connectivity index (χ1n) is 6.72. The largest absolute Gasteiger partial charge is 0.469 e. The number of carbonyl (C=O) groups excluding carboxylic acids is 1. The maximum atomic E-state index is 11.1. The van der Waals surface area contributed by atoms with Crippen LogP contribution in [0.1, 0.15) is 46.5 Å². The van der Waals surface area contributed by atoms with E-state index in [4.69, 9.17) is 0 Å². The number of carbonyl (C=O) groups is 1. The Balaban J connectivity index is 2.35. The molecule has 3 nitrogen and oxygen atoms in total. The summed E-state index contributed by atoms with van der Waals surface area (Å²) in [7, 11) is 1.46. The number of rotatable bonds is 3. The molecule has 0 aromatic heterocycles. The Morgan fingerprint density at radius 2 is 2.00 bits per heavy atom. The van der Waals surface area contributed by atoms with Gasteiger partial charge in [0.25, 0.3) is 0 Å². The second kappa shape index (κ2) is 6.39. The van der Waals surface area contributed by atoms with Crippen LogP contribution < -0.4 is 0 Å². The monoisotopic (exact) mass is 241 g/mol. The van der Waals surface area contributed by atoms with Crippen molar-refractivity contribution in [2.24, 2.45) is 11.3 Å². The molecule has 17 heavy (non-hydrogen) atoms. The van der Waals surface area contributed by atoms with Crippen LogP contribution in [-0.2, 0) is 9.53 Å². The predicted molar refractivity (Wildman–Crippen MR) is 69.9 cm³/mol. The third kappa shape index (κ3) is 5.07. The minimum absolute atomic E-state index is 0.0957. The van der Waals surface area contributed by atoms with E-state index >= 15 is 0 Å². The molecule has 100 valence electrons. The summed E-state index contributed by atoms with van der Waals surface area (Å²) in [6.45, 7) is 10.1. The smallest absolute Gasteiger partial charge is 0.306 e. The zero-order valence-electron chi connectivity index (χ0n) is 11.8. The SMILES string of the molecule is COC(=O)CCN1CCCC(C(C)(C)C)CC1. The maximum Gasteiger partial charge on any atom is 0.306 e. The van der Waals surface area contributed by atoms with Crippen molar-refractivity contribution in [2.45, 2.75) is 46.5 Å². The van der Waals surface area contributed by atoms with Crippen molar-refractivity contribution < 1.29 is 9.53 Å². The van der Waals surface area contributed by atoms with E-state index in [1.807, 2.05) is 0 Å². The van der Waals surface area contributed by atoms with Crippen molar-refractivity contribution in [3.63, 3.8) is 0 Å². The van der Waals surface area contributed by atoms with Gasteiger partial charge < -0.3 is 9.64 Å². The zero-order valence-corrected chi connectivity index (χ0v) is 11.8. The zero-order chi connectivity index (χ0) is 12.9. The minimum atomic E-state index is -0.0957. The highest BCUT2D eigenvalue weighted by Crippen LogP contribution is 2.34. The van der Waals surface area contributed by atoms with Crippen molar-refractivity contribution >= 4 is 5.97 Å². The molecule has 0 amide bonds. The number of methoxy groups -OCH3 is 1. The van der Waals surface area contributed by atoms with E-state index in [9.17, 15) is 4.79 Å². The summed E-state index contributed by atoms with van der Waals surface area (Å²) in [6.07, 6.45) is 4.35. The number of nitrogens with zero attached hydrogens (tertiary/aromatic N) is 1. The molecule has 3 heteroatoms. The molecule has 1 fully saturated rings. The van der Waals surface area contributed by atoms with Crippen molar-refractivity contribution in [3.05, 3.63) is 0 Å². The molecule has 1 saturated heterocycles. The first kappa shape index (κ1) is 14.5. The van der Waals surface area contributed by atoms with E-state index in [2.05, 4.69) is 30.4 Å². The Bertz CT molecular complexity index is 245. The molecule has 1 aliphatic rings. The topological polar surface area (TPSA) is 29.5 Å². The average Bonchev–Trinajstić information content (AvgIpc) is 2.50. The van der Waals surface area contributed by atoms with Crippen LogP contribution in [0.5, 0.6) is 0 Å². The molecule has 0 aromatic carbocycles. The quantitative estimate of drug-likeness (QED) is 0.712. The molecule has 0 bridgehead atoms. The Hall–Kier alpha value is -0.570. The summed E-state index contributed by atoms with van der Waals surface area (Å²) >= 11 is 0. The highest BCUT2D eigenvalue weighted by molar-refractivity contribution is 5.69. The number of hydrogen-bond donors (Lipinski definition) is 0. The van der Waals surface area contributed by atoms with Gasteiger partial charge in [0, 0.05) is 6.54 Å². The van der Waals surface area contributed by atoms with Gasteiger partial charge in [-0.15, -0.1) is 0 Å². The number of ether oxygens (including phenoxy) is 1. The maximum absolute atomic E-state index is 11.1. The Morgan fingerprint density at radius 3 is 2.59 bits per heavy atom. The van der Waals surface area contributed by atoms with Gasteiger partial charge in [-0.1, -0.05) is 20.8 Å². The fourth-order valence-electron chi connectivity index (χ4n) is 2.60. The highest BCUT2D eigenvalue weighted by Gasteiger charge is 2.26. The normalized spacial score (nSPS) is 23.2. The summed E-state index contributed by atoms with van der Waals surface area (Å²) in [6, 6.07) is 0. The Kier molecular flexibility index (Phi) is 5.44. The van der Waals surface area contributed by atoms with Crippen LogP contribution in [0.15, 0.2) is 0 Å². The lowest BCUT2D eigenvalue weighted by atomic mass is 9.77. The van der Waals surface area contributed by atoms with Gasteiger partial charge in [-0.05, 0) is 43.7 Å². The van der Waals surface area contributed by atoms with E-state index in [-0.39, 0.29) is 5.97 Å². The van der Waals surface area contributed by atoms with Gasteiger partial charge in [-0.25, -0.2) is 0 Å². The van der Waals surface area contributed by atoms with Gasteiger partial charge in [-0.3, -0.25) is 4.79 Å². The summed E-state index contributed by atoms with van der Waals surface area (Å²) in [5.41, 5.74) is 0.415. The van der Waals surface area contributed by atoms with Crippen molar-refractivity contribution in [1.29, 1.82) is 0 Å². The molecule has 1 rings (SSSR count). The van der Waals surface area contributed by atoms with E-state index in [1.54, 1.807) is 0 Å². The van der Waals surface area contributed by atoms with Gasteiger partial charge in [0.2, 0.25) is 0 Å². The fraction of sp³-hybridized carbons (Fsp3) is 0.929. The average molecular weight is 241 g/mol. The number of esters is 1. The second-order valence-electron chi connectivity index (χ2n) is 6.16. The summed E-state index contributed by atoms with van der Waals surface area (Å²) in [5, 5.41) is 0. The fourth-order valence-corrected chi connectivity index (χ4v) is 2.60. The molecule has 0 aromatic rings. The van der Waals surface area contributed by atoms with Crippen LogP contribution in [0.4, 0.5) is 0 Å². The third-order valence-corrected chi connectivity index (χ3v) is 3.91. The molecule has 0 radical (unpaired) electrons. The van der Waals surface area contributed by atoms with Gasteiger partial charge >= 0.3 is 5.97 Å². The van der Waals surface area contributed by atoms with Crippen LogP contribution in [0.25, 0.3) is 0 Å². The van der Waals surface area contributed by atoms with Crippen LogP contribution in [0, 0.1) is 11.3 Å². The van der Waals surface area contributed by atoms with E-state index in [0.29, 0.717) is 11.8 Å². The standard InChI is InChI=1S/C14H27NO2/c1-14(2,3)12-6-5-9-15(10-7-12)11-8-13(16)17-4/h12H,5-11H2,1-4H3. The van der Waals surface area contributed by atoms with Crippen molar-refractivity contribution in [1.82, 2.24) is 4.90 Å². The van der Waals surface area contributed by atoms with Crippen LogP contribution >= 0.6 is 0 Å². The van der Waals surface area contributed by atoms with Gasteiger partial charge in [0.1, 0.15) is 0 Å². The molecule has 1 unspecified atom stereocenters. The molecule has 1 aliphatic heterocycles. The molecule has 0 N–H and O–H groups in total. The number of likely N-dealkylation sites (tertiary alicyclic amines) is 1.